The summed E-state index contributed by atoms with van der Waals surface area (Å²) in [6, 6.07) is 9.01. The molecule has 0 saturated carbocycles. The first-order chi connectivity index (χ1) is 10.0. The summed E-state index contributed by atoms with van der Waals surface area (Å²) in [5, 5.41) is 20.5. The minimum atomic E-state index is -0.656. The van der Waals surface area contributed by atoms with Crippen LogP contribution in [0.4, 0.5) is 11.4 Å². The third kappa shape index (κ3) is 3.49. The Morgan fingerprint density at radius 1 is 1.33 bits per heavy atom. The maximum absolute atomic E-state index is 10.7. The molecule has 0 aromatic heterocycles. The van der Waals surface area contributed by atoms with Crippen molar-refractivity contribution in [2.45, 2.75) is 0 Å². The van der Waals surface area contributed by atoms with E-state index in [1.54, 1.807) is 18.2 Å². The van der Waals surface area contributed by atoms with E-state index in [1.807, 2.05) is 0 Å². The summed E-state index contributed by atoms with van der Waals surface area (Å²) in [5.74, 6) is 0.153. The van der Waals surface area contributed by atoms with Crippen LogP contribution in [0.15, 0.2) is 41.4 Å². The minimum absolute atomic E-state index is 0.369. The van der Waals surface area contributed by atoms with E-state index in [-0.39, 0.29) is 11.4 Å². The third-order valence-electron chi connectivity index (χ3n) is 2.69. The smallest absolute Gasteiger partial charge is 0.311 e. The molecule has 0 heterocycles. The quantitative estimate of drug-likeness (QED) is 0.530. The number of halogens is 1. The summed E-state index contributed by atoms with van der Waals surface area (Å²) in [7, 11) is 1.51. The fourth-order valence-corrected chi connectivity index (χ4v) is 1.90. The molecular formula is C14H11ClN2O4. The third-order valence-corrected chi connectivity index (χ3v) is 2.99. The Labute approximate surface area is 125 Å². The van der Waals surface area contributed by atoms with E-state index in [9.17, 15) is 15.2 Å². The maximum atomic E-state index is 10.7. The number of hydrogen-bond donors (Lipinski definition) is 1. The zero-order valence-corrected chi connectivity index (χ0v) is 11.7. The molecule has 0 bridgehead atoms. The van der Waals surface area contributed by atoms with Crippen LogP contribution in [-0.4, -0.2) is 23.4 Å². The molecule has 21 heavy (non-hydrogen) atoms. The van der Waals surface area contributed by atoms with Crippen molar-refractivity contribution in [1.82, 2.24) is 0 Å². The molecule has 0 aliphatic carbocycles. The highest BCUT2D eigenvalue weighted by atomic mass is 35.5. The summed E-state index contributed by atoms with van der Waals surface area (Å²) in [4.78, 5) is 14.3. The van der Waals surface area contributed by atoms with Gasteiger partial charge in [0.05, 0.1) is 22.7 Å². The van der Waals surface area contributed by atoms with Crippen molar-refractivity contribution >= 4 is 29.2 Å². The Hall–Kier alpha value is -2.60. The predicted molar refractivity (Wildman–Crippen MR) is 80.0 cm³/mol. The molecule has 0 amide bonds. The van der Waals surface area contributed by atoms with Gasteiger partial charge in [0.1, 0.15) is 5.75 Å². The molecule has 0 atom stereocenters. The average Bonchev–Trinajstić information content (AvgIpc) is 2.46. The fourth-order valence-electron chi connectivity index (χ4n) is 1.65. The highest BCUT2D eigenvalue weighted by Gasteiger charge is 2.12. The van der Waals surface area contributed by atoms with Crippen molar-refractivity contribution in [3.05, 3.63) is 57.1 Å². The highest BCUT2D eigenvalue weighted by Crippen LogP contribution is 2.29. The topological polar surface area (TPSA) is 85.0 Å². The largest absolute Gasteiger partial charge is 0.502 e. The van der Waals surface area contributed by atoms with Crippen LogP contribution in [0.5, 0.6) is 11.5 Å². The summed E-state index contributed by atoms with van der Waals surface area (Å²) in [5.41, 5.74) is 0.703. The molecule has 2 aromatic carbocycles. The number of rotatable bonds is 4. The second-order valence-corrected chi connectivity index (χ2v) is 4.49. The lowest BCUT2D eigenvalue weighted by Gasteiger charge is -2.02. The number of hydrogen-bond acceptors (Lipinski definition) is 5. The molecule has 108 valence electrons. The molecule has 0 aliphatic rings. The van der Waals surface area contributed by atoms with Gasteiger partial charge in [-0.05, 0) is 35.9 Å². The van der Waals surface area contributed by atoms with Gasteiger partial charge in [-0.3, -0.25) is 15.1 Å². The summed E-state index contributed by atoms with van der Waals surface area (Å²) in [6.07, 6.45) is 1.45. The minimum Gasteiger partial charge on any atom is -0.502 e. The number of methoxy groups -OCH3 is 1. The van der Waals surface area contributed by atoms with E-state index in [1.165, 1.54) is 31.5 Å². The van der Waals surface area contributed by atoms with Gasteiger partial charge in [-0.1, -0.05) is 11.6 Å². The number of aliphatic imine (C=N–C) groups is 1. The second kappa shape index (κ2) is 6.23. The lowest BCUT2D eigenvalue weighted by molar-refractivity contribution is -0.385. The molecule has 0 unspecified atom stereocenters. The summed E-state index contributed by atoms with van der Waals surface area (Å²) in [6.45, 7) is 0. The van der Waals surface area contributed by atoms with Gasteiger partial charge in [-0.25, -0.2) is 0 Å². The molecule has 0 saturated heterocycles. The number of phenols is 1. The molecule has 0 aliphatic heterocycles. The Balaban J connectivity index is 2.27. The van der Waals surface area contributed by atoms with Crippen LogP contribution in [0.25, 0.3) is 0 Å². The fraction of sp³-hybridized carbons (Fsp3) is 0.0714. The Morgan fingerprint density at radius 3 is 2.71 bits per heavy atom. The molecular weight excluding hydrogens is 296 g/mol. The number of ether oxygens (including phenoxy) is 1. The van der Waals surface area contributed by atoms with Crippen LogP contribution in [0, 0.1) is 10.1 Å². The Kier molecular flexibility index (Phi) is 4.39. The first-order valence-corrected chi connectivity index (χ1v) is 6.24. The van der Waals surface area contributed by atoms with Gasteiger partial charge in [0, 0.05) is 12.3 Å². The maximum Gasteiger partial charge on any atom is 0.311 e. The number of aromatic hydroxyl groups is 1. The number of benzene rings is 2. The van der Waals surface area contributed by atoms with Gasteiger partial charge in [-0.15, -0.1) is 0 Å². The number of nitro groups is 1. The van der Waals surface area contributed by atoms with Crippen LogP contribution < -0.4 is 4.74 Å². The highest BCUT2D eigenvalue weighted by molar-refractivity contribution is 6.32. The van der Waals surface area contributed by atoms with Gasteiger partial charge in [0.25, 0.3) is 0 Å². The van der Waals surface area contributed by atoms with E-state index >= 15 is 0 Å². The van der Waals surface area contributed by atoms with Crippen LogP contribution >= 0.6 is 11.6 Å². The van der Waals surface area contributed by atoms with E-state index in [2.05, 4.69) is 4.99 Å². The number of nitro benzene ring substituents is 1. The van der Waals surface area contributed by atoms with E-state index in [0.717, 1.165) is 0 Å². The molecule has 1 N–H and O–H groups in total. The SMILES string of the molecule is COc1ccc(N=Cc2ccc(O)c([N+](=O)[O-])c2)cc1Cl. The van der Waals surface area contributed by atoms with Gasteiger partial charge in [-0.2, -0.15) is 0 Å². The standard InChI is InChI=1S/C14H11ClN2O4/c1-21-14-5-3-10(7-11(14)15)16-8-9-2-4-13(18)12(6-9)17(19)20/h2-8,18H,1H3. The van der Waals surface area contributed by atoms with E-state index in [4.69, 9.17) is 16.3 Å². The van der Waals surface area contributed by atoms with Crippen LogP contribution in [-0.2, 0) is 0 Å². The molecule has 6 nitrogen and oxygen atoms in total. The van der Waals surface area contributed by atoms with Crippen LogP contribution in [0.1, 0.15) is 5.56 Å². The second-order valence-electron chi connectivity index (χ2n) is 4.08. The molecule has 0 radical (unpaired) electrons. The van der Waals surface area contributed by atoms with Crippen molar-refractivity contribution < 1.29 is 14.8 Å². The van der Waals surface area contributed by atoms with Crippen LogP contribution in [0.2, 0.25) is 5.02 Å². The zero-order chi connectivity index (χ0) is 15.4. The van der Waals surface area contributed by atoms with Crippen molar-refractivity contribution in [1.29, 1.82) is 0 Å². The lowest BCUT2D eigenvalue weighted by atomic mass is 10.2. The molecule has 7 heteroatoms. The van der Waals surface area contributed by atoms with E-state index < -0.39 is 4.92 Å². The van der Waals surface area contributed by atoms with Gasteiger partial charge >= 0.3 is 5.69 Å². The zero-order valence-electron chi connectivity index (χ0n) is 11.0. The van der Waals surface area contributed by atoms with E-state index in [0.29, 0.717) is 22.0 Å². The van der Waals surface area contributed by atoms with Crippen molar-refractivity contribution in [3.63, 3.8) is 0 Å². The predicted octanol–water partition coefficient (Wildman–Crippen LogP) is 3.71. The normalized spacial score (nSPS) is 10.8. The number of nitrogens with zero attached hydrogens (tertiary/aromatic N) is 2. The number of phenolic OH excluding ortho intramolecular Hbond substituents is 1. The summed E-state index contributed by atoms with van der Waals surface area (Å²) < 4.78 is 5.03. The molecule has 2 rings (SSSR count). The Morgan fingerprint density at radius 2 is 2.10 bits per heavy atom. The molecule has 0 spiro atoms. The first-order valence-electron chi connectivity index (χ1n) is 5.86. The average molecular weight is 307 g/mol. The Bertz CT molecular complexity index is 716. The monoisotopic (exact) mass is 306 g/mol. The van der Waals surface area contributed by atoms with Crippen molar-refractivity contribution in [3.8, 4) is 11.5 Å². The molecule has 0 fully saturated rings. The van der Waals surface area contributed by atoms with Crippen molar-refractivity contribution in [2.75, 3.05) is 7.11 Å². The van der Waals surface area contributed by atoms with Gasteiger partial charge in [0.2, 0.25) is 0 Å². The lowest BCUT2D eigenvalue weighted by Crippen LogP contribution is -1.90. The summed E-state index contributed by atoms with van der Waals surface area (Å²) >= 11 is 5.98. The van der Waals surface area contributed by atoms with Crippen molar-refractivity contribution in [2.24, 2.45) is 4.99 Å². The van der Waals surface area contributed by atoms with Crippen LogP contribution in [0.3, 0.4) is 0 Å². The molecule has 2 aromatic rings. The first kappa shape index (κ1) is 14.8. The van der Waals surface area contributed by atoms with Gasteiger partial charge < -0.3 is 9.84 Å². The van der Waals surface area contributed by atoms with Gasteiger partial charge in [0.15, 0.2) is 5.75 Å².